The van der Waals surface area contributed by atoms with E-state index in [-0.39, 0.29) is 30.4 Å². The molecule has 4 N–H and O–H groups in total. The molecular weight excluding hydrogens is 371 g/mol. The van der Waals surface area contributed by atoms with E-state index in [2.05, 4.69) is 21.6 Å². The van der Waals surface area contributed by atoms with Crippen LogP contribution in [0.1, 0.15) is 19.3 Å². The summed E-state index contributed by atoms with van der Waals surface area (Å²) in [6.07, 6.45) is 3.30. The van der Waals surface area contributed by atoms with Crippen molar-refractivity contribution in [1.29, 1.82) is 0 Å². The standard InChI is InChI=1S/C19H22N4O.2ClH/c20-11-4-1-5-12-21-15-8-6-7-14(13-15)18-16-9-2-3-10-17(16)19(24)23-22-18;;/h2-3,6-10,13,21H,1,4-5,11-12,20H2,(H,23,24);2*1H. The van der Waals surface area contributed by atoms with Gasteiger partial charge >= 0.3 is 0 Å². The van der Waals surface area contributed by atoms with E-state index < -0.39 is 0 Å². The van der Waals surface area contributed by atoms with Gasteiger partial charge in [0.25, 0.3) is 5.56 Å². The number of fused-ring (bicyclic) bond motifs is 1. The van der Waals surface area contributed by atoms with Crippen LogP contribution in [-0.4, -0.2) is 23.3 Å². The number of nitrogens with one attached hydrogen (secondary N) is 2. The maximum atomic E-state index is 11.9. The Morgan fingerprint density at radius 3 is 2.50 bits per heavy atom. The Morgan fingerprint density at radius 1 is 0.962 bits per heavy atom. The molecule has 0 saturated heterocycles. The maximum Gasteiger partial charge on any atom is 0.272 e. The summed E-state index contributed by atoms with van der Waals surface area (Å²) < 4.78 is 0. The van der Waals surface area contributed by atoms with Crippen molar-refractivity contribution in [3.8, 4) is 11.3 Å². The Kier molecular flexibility index (Phi) is 9.13. The monoisotopic (exact) mass is 394 g/mol. The van der Waals surface area contributed by atoms with E-state index in [0.29, 0.717) is 5.39 Å². The summed E-state index contributed by atoms with van der Waals surface area (Å²) in [5.74, 6) is 0. The molecule has 0 aliphatic heterocycles. The van der Waals surface area contributed by atoms with Crippen molar-refractivity contribution in [3.63, 3.8) is 0 Å². The third kappa shape index (κ3) is 5.21. The zero-order chi connectivity index (χ0) is 16.8. The van der Waals surface area contributed by atoms with Gasteiger partial charge in [0.15, 0.2) is 0 Å². The predicted octanol–water partition coefficient (Wildman–Crippen LogP) is 3.97. The van der Waals surface area contributed by atoms with Crippen LogP contribution in [-0.2, 0) is 0 Å². The molecule has 0 aliphatic carbocycles. The van der Waals surface area contributed by atoms with Crippen LogP contribution < -0.4 is 16.6 Å². The molecule has 7 heteroatoms. The smallest absolute Gasteiger partial charge is 0.272 e. The molecule has 140 valence electrons. The molecule has 2 aromatic carbocycles. The van der Waals surface area contributed by atoms with Crippen molar-refractivity contribution in [2.75, 3.05) is 18.4 Å². The zero-order valence-electron chi connectivity index (χ0n) is 14.4. The first kappa shape index (κ1) is 22.0. The molecule has 1 heterocycles. The number of nitrogens with zero attached hydrogens (tertiary/aromatic N) is 1. The van der Waals surface area contributed by atoms with Crippen LogP contribution in [0.15, 0.2) is 53.3 Å². The first-order chi connectivity index (χ1) is 11.8. The lowest BCUT2D eigenvalue weighted by atomic mass is 10.0. The number of benzene rings is 2. The molecule has 3 rings (SSSR count). The number of anilines is 1. The van der Waals surface area contributed by atoms with Gasteiger partial charge in [-0.15, -0.1) is 24.8 Å². The van der Waals surface area contributed by atoms with Crippen LogP contribution in [0.2, 0.25) is 0 Å². The summed E-state index contributed by atoms with van der Waals surface area (Å²) in [4.78, 5) is 11.9. The van der Waals surface area contributed by atoms with Gasteiger partial charge < -0.3 is 11.1 Å². The molecule has 1 aromatic heterocycles. The maximum absolute atomic E-state index is 11.9. The SMILES string of the molecule is Cl.Cl.NCCCCCNc1cccc(-c2n[nH]c(=O)c3ccccc23)c1. The van der Waals surface area contributed by atoms with Crippen LogP contribution in [0.3, 0.4) is 0 Å². The summed E-state index contributed by atoms with van der Waals surface area (Å²) in [7, 11) is 0. The molecule has 0 unspecified atom stereocenters. The van der Waals surface area contributed by atoms with Crippen LogP contribution in [0.4, 0.5) is 5.69 Å². The number of unbranched alkanes of at least 4 members (excludes halogenated alkanes) is 2. The molecule has 0 aliphatic rings. The fraction of sp³-hybridized carbons (Fsp3) is 0.263. The van der Waals surface area contributed by atoms with Gasteiger partial charge in [-0.25, -0.2) is 5.10 Å². The highest BCUT2D eigenvalue weighted by Gasteiger charge is 2.08. The molecule has 0 spiro atoms. The molecule has 0 fully saturated rings. The normalized spacial score (nSPS) is 10.0. The number of aromatic nitrogens is 2. The third-order valence-corrected chi connectivity index (χ3v) is 4.04. The van der Waals surface area contributed by atoms with Gasteiger partial charge in [-0.2, -0.15) is 5.10 Å². The van der Waals surface area contributed by atoms with E-state index >= 15 is 0 Å². The molecular formula is C19H24Cl2N4O. The number of aromatic amines is 1. The number of H-pyrrole nitrogens is 1. The van der Waals surface area contributed by atoms with E-state index in [1.54, 1.807) is 0 Å². The quantitative estimate of drug-likeness (QED) is 0.529. The second-order valence-corrected chi connectivity index (χ2v) is 5.80. The van der Waals surface area contributed by atoms with E-state index in [9.17, 15) is 4.79 Å². The van der Waals surface area contributed by atoms with Crippen molar-refractivity contribution >= 4 is 41.3 Å². The summed E-state index contributed by atoms with van der Waals surface area (Å²) in [6, 6.07) is 15.6. The Hall–Kier alpha value is -2.08. The first-order valence-electron chi connectivity index (χ1n) is 8.31. The molecule has 0 radical (unpaired) electrons. The number of nitrogens with two attached hydrogens (primary N) is 1. The number of halogens is 2. The second kappa shape index (κ2) is 10.8. The van der Waals surface area contributed by atoms with Gasteiger partial charge in [0.1, 0.15) is 0 Å². The lowest BCUT2D eigenvalue weighted by molar-refractivity contribution is 0.707. The average molecular weight is 395 g/mol. The van der Waals surface area contributed by atoms with Crippen molar-refractivity contribution in [1.82, 2.24) is 10.2 Å². The van der Waals surface area contributed by atoms with Crippen LogP contribution in [0.25, 0.3) is 22.0 Å². The van der Waals surface area contributed by atoms with Gasteiger partial charge in [0, 0.05) is 23.2 Å². The van der Waals surface area contributed by atoms with Gasteiger partial charge in [-0.1, -0.05) is 36.8 Å². The number of hydrogen-bond donors (Lipinski definition) is 3. The topological polar surface area (TPSA) is 83.8 Å². The minimum atomic E-state index is -0.163. The van der Waals surface area contributed by atoms with Gasteiger partial charge in [-0.05, 0) is 37.6 Å². The fourth-order valence-electron chi connectivity index (χ4n) is 2.79. The van der Waals surface area contributed by atoms with Crippen molar-refractivity contribution in [2.45, 2.75) is 19.3 Å². The Labute approximate surface area is 165 Å². The fourth-order valence-corrected chi connectivity index (χ4v) is 2.79. The lowest BCUT2D eigenvalue weighted by Crippen LogP contribution is -2.09. The highest BCUT2D eigenvalue weighted by Crippen LogP contribution is 2.26. The second-order valence-electron chi connectivity index (χ2n) is 5.80. The molecule has 0 atom stereocenters. The van der Waals surface area contributed by atoms with E-state index in [4.69, 9.17) is 5.73 Å². The van der Waals surface area contributed by atoms with Gasteiger partial charge in [-0.3, -0.25) is 4.79 Å². The van der Waals surface area contributed by atoms with Crippen LogP contribution >= 0.6 is 24.8 Å². The number of rotatable bonds is 7. The van der Waals surface area contributed by atoms with E-state index in [1.165, 1.54) is 0 Å². The molecule has 0 bridgehead atoms. The van der Waals surface area contributed by atoms with Crippen molar-refractivity contribution in [2.24, 2.45) is 5.73 Å². The van der Waals surface area contributed by atoms with Crippen molar-refractivity contribution < 1.29 is 0 Å². The number of hydrogen-bond acceptors (Lipinski definition) is 4. The highest BCUT2D eigenvalue weighted by molar-refractivity contribution is 5.94. The summed E-state index contributed by atoms with van der Waals surface area (Å²) in [6.45, 7) is 1.67. The molecule has 5 nitrogen and oxygen atoms in total. The average Bonchev–Trinajstić information content (AvgIpc) is 2.62. The van der Waals surface area contributed by atoms with E-state index in [0.717, 1.165) is 54.7 Å². The third-order valence-electron chi connectivity index (χ3n) is 4.04. The predicted molar refractivity (Wildman–Crippen MR) is 114 cm³/mol. The van der Waals surface area contributed by atoms with Gasteiger partial charge in [0.2, 0.25) is 0 Å². The van der Waals surface area contributed by atoms with E-state index in [1.807, 2.05) is 42.5 Å². The molecule has 26 heavy (non-hydrogen) atoms. The van der Waals surface area contributed by atoms with Gasteiger partial charge in [0.05, 0.1) is 11.1 Å². The van der Waals surface area contributed by atoms with Crippen molar-refractivity contribution in [3.05, 3.63) is 58.9 Å². The molecule has 0 amide bonds. The minimum absolute atomic E-state index is 0. The summed E-state index contributed by atoms with van der Waals surface area (Å²) >= 11 is 0. The highest BCUT2D eigenvalue weighted by atomic mass is 35.5. The van der Waals surface area contributed by atoms with Crippen LogP contribution in [0, 0.1) is 0 Å². The zero-order valence-corrected chi connectivity index (χ0v) is 16.0. The summed E-state index contributed by atoms with van der Waals surface area (Å²) in [5, 5.41) is 11.8. The Balaban J connectivity index is 0.00000169. The van der Waals surface area contributed by atoms with Crippen LogP contribution in [0.5, 0.6) is 0 Å². The molecule has 3 aromatic rings. The molecule has 0 saturated carbocycles. The Bertz CT molecular complexity index is 883. The lowest BCUT2D eigenvalue weighted by Gasteiger charge is -2.09. The largest absolute Gasteiger partial charge is 0.385 e. The minimum Gasteiger partial charge on any atom is -0.385 e. The summed E-state index contributed by atoms with van der Waals surface area (Å²) in [5.41, 5.74) is 8.17. The first-order valence-corrected chi connectivity index (χ1v) is 8.31. The Morgan fingerprint density at radius 2 is 1.73 bits per heavy atom.